The Morgan fingerprint density at radius 2 is 2.04 bits per heavy atom. The minimum Gasteiger partial charge on any atom is -0.373 e. The molecule has 24 heavy (non-hydrogen) atoms. The summed E-state index contributed by atoms with van der Waals surface area (Å²) in [4.78, 5) is 7.44. The number of ether oxygens (including phenoxy) is 1. The Morgan fingerprint density at radius 1 is 1.25 bits per heavy atom. The van der Waals surface area contributed by atoms with Gasteiger partial charge in [-0.05, 0) is 58.3 Å². The van der Waals surface area contributed by atoms with Crippen LogP contribution in [0.15, 0.2) is 4.99 Å². The van der Waals surface area contributed by atoms with Crippen molar-refractivity contribution in [2.45, 2.75) is 64.0 Å². The second-order valence-corrected chi connectivity index (χ2v) is 7.69. The second kappa shape index (κ2) is 9.57. The van der Waals surface area contributed by atoms with Crippen LogP contribution in [0.1, 0.15) is 52.4 Å². The average molecular weight is 450 g/mol. The van der Waals surface area contributed by atoms with Gasteiger partial charge in [0.15, 0.2) is 5.96 Å². The van der Waals surface area contributed by atoms with E-state index in [4.69, 9.17) is 9.73 Å². The number of hydrogen-bond donors (Lipinski definition) is 2. The van der Waals surface area contributed by atoms with Gasteiger partial charge in [-0.3, -0.25) is 9.89 Å². The van der Waals surface area contributed by atoms with Crippen molar-refractivity contribution < 1.29 is 4.74 Å². The lowest BCUT2D eigenvalue weighted by atomic mass is 10.0. The summed E-state index contributed by atoms with van der Waals surface area (Å²) in [5, 5.41) is 6.87. The van der Waals surface area contributed by atoms with Gasteiger partial charge in [0.2, 0.25) is 0 Å². The fourth-order valence-corrected chi connectivity index (χ4v) is 3.36. The van der Waals surface area contributed by atoms with Crippen molar-refractivity contribution in [1.82, 2.24) is 15.5 Å². The highest BCUT2D eigenvalue weighted by Gasteiger charge is 2.33. The molecule has 1 unspecified atom stereocenters. The Kier molecular flexibility index (Phi) is 8.07. The summed E-state index contributed by atoms with van der Waals surface area (Å²) < 4.78 is 5.83. The minimum atomic E-state index is -0.0611. The highest BCUT2D eigenvalue weighted by molar-refractivity contribution is 14.0. The van der Waals surface area contributed by atoms with Crippen LogP contribution < -0.4 is 10.6 Å². The first kappa shape index (κ1) is 20.2. The molecule has 0 spiro atoms. The van der Waals surface area contributed by atoms with Crippen molar-refractivity contribution in [3.05, 3.63) is 0 Å². The molecule has 0 bridgehead atoms. The van der Waals surface area contributed by atoms with Gasteiger partial charge in [0.1, 0.15) is 0 Å². The van der Waals surface area contributed by atoms with Gasteiger partial charge < -0.3 is 15.4 Å². The molecule has 3 fully saturated rings. The van der Waals surface area contributed by atoms with Gasteiger partial charge in [0.25, 0.3) is 0 Å². The fraction of sp³-hybridized carbons (Fsp3) is 0.944. The molecule has 140 valence electrons. The maximum atomic E-state index is 5.83. The summed E-state index contributed by atoms with van der Waals surface area (Å²) in [5.41, 5.74) is -0.0611. The molecule has 2 aliphatic carbocycles. The van der Waals surface area contributed by atoms with Crippen LogP contribution >= 0.6 is 24.0 Å². The van der Waals surface area contributed by atoms with E-state index in [0.717, 1.165) is 63.5 Å². The van der Waals surface area contributed by atoms with E-state index >= 15 is 0 Å². The van der Waals surface area contributed by atoms with Gasteiger partial charge in [-0.15, -0.1) is 24.0 Å². The van der Waals surface area contributed by atoms with Gasteiger partial charge in [-0.25, -0.2) is 0 Å². The van der Waals surface area contributed by atoms with Crippen LogP contribution in [0.2, 0.25) is 0 Å². The summed E-state index contributed by atoms with van der Waals surface area (Å²) in [6.07, 6.45) is 7.96. The molecule has 5 nitrogen and oxygen atoms in total. The van der Waals surface area contributed by atoms with Crippen molar-refractivity contribution in [1.29, 1.82) is 0 Å². The first-order valence-electron chi connectivity index (χ1n) is 9.59. The normalized spacial score (nSPS) is 27.2. The van der Waals surface area contributed by atoms with Gasteiger partial charge >= 0.3 is 0 Å². The summed E-state index contributed by atoms with van der Waals surface area (Å²) in [7, 11) is 0. The Morgan fingerprint density at radius 3 is 2.62 bits per heavy atom. The molecule has 3 aliphatic rings. The molecule has 0 aromatic heterocycles. The maximum Gasteiger partial charge on any atom is 0.191 e. The van der Waals surface area contributed by atoms with Gasteiger partial charge in [-0.1, -0.05) is 0 Å². The van der Waals surface area contributed by atoms with E-state index in [9.17, 15) is 0 Å². The predicted octanol–water partition coefficient (Wildman–Crippen LogP) is 2.60. The molecule has 1 aliphatic heterocycles. The molecule has 1 atom stereocenters. The number of hydrogen-bond acceptors (Lipinski definition) is 3. The summed E-state index contributed by atoms with van der Waals surface area (Å²) in [6, 6.07) is 0.864. The minimum absolute atomic E-state index is 0. The molecule has 6 heteroatoms. The van der Waals surface area contributed by atoms with Crippen LogP contribution in [-0.2, 0) is 4.74 Å². The zero-order valence-corrected chi connectivity index (χ0v) is 17.7. The number of rotatable bonds is 9. The SMILES string of the molecule is CCNC(=NCC1(C)CCCO1)NCCN(CC1CC1)C1CC1.I. The monoisotopic (exact) mass is 450 g/mol. The lowest BCUT2D eigenvalue weighted by molar-refractivity contribution is 0.0283. The van der Waals surface area contributed by atoms with E-state index in [1.165, 1.54) is 32.2 Å². The van der Waals surface area contributed by atoms with Crippen LogP contribution in [0.3, 0.4) is 0 Å². The molecule has 2 saturated carbocycles. The molecular weight excluding hydrogens is 415 g/mol. The summed E-state index contributed by atoms with van der Waals surface area (Å²) in [6.45, 7) is 10.3. The van der Waals surface area contributed by atoms with Crippen molar-refractivity contribution in [2.75, 3.05) is 39.3 Å². The molecule has 0 aromatic rings. The molecule has 1 heterocycles. The molecule has 0 aromatic carbocycles. The van der Waals surface area contributed by atoms with E-state index in [0.29, 0.717) is 0 Å². The zero-order chi connectivity index (χ0) is 16.1. The van der Waals surface area contributed by atoms with E-state index < -0.39 is 0 Å². The third-order valence-corrected chi connectivity index (χ3v) is 5.16. The standard InChI is InChI=1S/C18H34N4O.HI/c1-3-19-17(21-14-18(2)9-4-12-23-18)20-10-11-22(16-7-8-16)13-15-5-6-15;/h15-16H,3-14H2,1-2H3,(H2,19,20,21);1H. The van der Waals surface area contributed by atoms with Gasteiger partial charge in [-0.2, -0.15) is 0 Å². The Bertz CT molecular complexity index is 404. The Labute approximate surface area is 164 Å². The lowest BCUT2D eigenvalue weighted by Gasteiger charge is -2.24. The van der Waals surface area contributed by atoms with Gasteiger partial charge in [0.05, 0.1) is 12.1 Å². The van der Waals surface area contributed by atoms with Crippen LogP contribution in [0.25, 0.3) is 0 Å². The largest absolute Gasteiger partial charge is 0.373 e. The van der Waals surface area contributed by atoms with Crippen LogP contribution in [0.5, 0.6) is 0 Å². The Balaban J connectivity index is 0.00000208. The quantitative estimate of drug-likeness (QED) is 0.322. The average Bonchev–Trinajstić information content (AvgIpc) is 3.44. The first-order chi connectivity index (χ1) is 11.2. The second-order valence-electron chi connectivity index (χ2n) is 7.69. The molecule has 3 rings (SSSR count). The number of halogens is 1. The molecule has 0 radical (unpaired) electrons. The van der Waals surface area contributed by atoms with E-state index in [1.807, 2.05) is 0 Å². The van der Waals surface area contributed by atoms with Crippen LogP contribution in [0.4, 0.5) is 0 Å². The molecular formula is C18H35IN4O. The topological polar surface area (TPSA) is 48.9 Å². The summed E-state index contributed by atoms with van der Waals surface area (Å²) >= 11 is 0. The van der Waals surface area contributed by atoms with Crippen molar-refractivity contribution in [3.63, 3.8) is 0 Å². The van der Waals surface area contributed by atoms with Crippen molar-refractivity contribution in [2.24, 2.45) is 10.9 Å². The number of aliphatic imine (C=N–C) groups is 1. The lowest BCUT2D eigenvalue weighted by Crippen LogP contribution is -2.43. The fourth-order valence-electron chi connectivity index (χ4n) is 3.36. The number of nitrogens with zero attached hydrogens (tertiary/aromatic N) is 2. The third kappa shape index (κ3) is 6.67. The molecule has 1 saturated heterocycles. The van der Waals surface area contributed by atoms with Crippen molar-refractivity contribution >= 4 is 29.9 Å². The van der Waals surface area contributed by atoms with E-state index in [2.05, 4.69) is 29.4 Å². The number of nitrogens with one attached hydrogen (secondary N) is 2. The number of guanidine groups is 1. The van der Waals surface area contributed by atoms with Gasteiger partial charge in [0, 0.05) is 38.8 Å². The van der Waals surface area contributed by atoms with Crippen LogP contribution in [0, 0.1) is 5.92 Å². The third-order valence-electron chi connectivity index (χ3n) is 5.16. The molecule has 0 amide bonds. The van der Waals surface area contributed by atoms with E-state index in [-0.39, 0.29) is 29.6 Å². The van der Waals surface area contributed by atoms with Crippen LogP contribution in [-0.4, -0.2) is 61.8 Å². The highest BCUT2D eigenvalue weighted by atomic mass is 127. The smallest absolute Gasteiger partial charge is 0.191 e. The summed E-state index contributed by atoms with van der Waals surface area (Å²) in [5.74, 6) is 1.92. The zero-order valence-electron chi connectivity index (χ0n) is 15.4. The van der Waals surface area contributed by atoms with E-state index in [1.54, 1.807) is 0 Å². The van der Waals surface area contributed by atoms with Crippen molar-refractivity contribution in [3.8, 4) is 0 Å². The molecule has 2 N–H and O–H groups in total. The first-order valence-corrected chi connectivity index (χ1v) is 9.59. The predicted molar refractivity (Wildman–Crippen MR) is 110 cm³/mol. The maximum absolute atomic E-state index is 5.83. The highest BCUT2D eigenvalue weighted by Crippen LogP contribution is 2.34. The Hall–Kier alpha value is -0.0800.